The molecule has 0 spiro atoms. The molecule has 39 heavy (non-hydrogen) atoms. The number of hydrogen-bond donors (Lipinski definition) is 1. The molecule has 4 rings (SSSR count). The molecule has 0 radical (unpaired) electrons. The SMILES string of the molecule is CCS(=O)(=O)c1ccc(CNC(=O)c2ccc(N3CC(C#N)C(Oc4ccc(C(F)(F)F)cc4)C3)cc2)cc1. The number of benzene rings is 3. The maximum Gasteiger partial charge on any atom is 0.416 e. The smallest absolute Gasteiger partial charge is 0.416 e. The lowest BCUT2D eigenvalue weighted by Crippen LogP contribution is -2.26. The largest absolute Gasteiger partial charge is 0.487 e. The summed E-state index contributed by atoms with van der Waals surface area (Å²) < 4.78 is 68.1. The van der Waals surface area contributed by atoms with Gasteiger partial charge < -0.3 is 15.0 Å². The zero-order valence-corrected chi connectivity index (χ0v) is 21.8. The van der Waals surface area contributed by atoms with E-state index in [1.165, 1.54) is 24.3 Å². The molecule has 11 heteroatoms. The predicted octanol–water partition coefficient (Wildman–Crippen LogP) is 4.84. The number of ether oxygens (including phenoxy) is 1. The zero-order chi connectivity index (χ0) is 28.2. The molecule has 3 aromatic rings. The quantitative estimate of drug-likeness (QED) is 0.426. The highest BCUT2D eigenvalue weighted by Crippen LogP contribution is 2.32. The van der Waals surface area contributed by atoms with Gasteiger partial charge in [0.1, 0.15) is 17.8 Å². The van der Waals surface area contributed by atoms with Crippen LogP contribution in [-0.2, 0) is 22.6 Å². The van der Waals surface area contributed by atoms with Gasteiger partial charge in [0.2, 0.25) is 0 Å². The van der Waals surface area contributed by atoms with Crippen LogP contribution in [0.1, 0.15) is 28.4 Å². The fraction of sp³-hybridized carbons (Fsp3) is 0.286. The minimum absolute atomic E-state index is 0.0144. The van der Waals surface area contributed by atoms with Crippen LogP contribution >= 0.6 is 0 Å². The van der Waals surface area contributed by atoms with Crippen LogP contribution in [0.15, 0.2) is 77.7 Å². The van der Waals surface area contributed by atoms with Gasteiger partial charge in [-0.1, -0.05) is 19.1 Å². The summed E-state index contributed by atoms with van der Waals surface area (Å²) in [6.07, 6.45) is -4.97. The lowest BCUT2D eigenvalue weighted by Gasteiger charge is -2.19. The Morgan fingerprint density at radius 1 is 1.03 bits per heavy atom. The van der Waals surface area contributed by atoms with E-state index in [-0.39, 0.29) is 28.8 Å². The van der Waals surface area contributed by atoms with Crippen LogP contribution in [-0.4, -0.2) is 39.3 Å². The first kappa shape index (κ1) is 28.0. The number of alkyl halides is 3. The molecule has 3 aromatic carbocycles. The van der Waals surface area contributed by atoms with Crippen LogP contribution in [0, 0.1) is 17.2 Å². The third-order valence-corrected chi connectivity index (χ3v) is 8.26. The summed E-state index contributed by atoms with van der Waals surface area (Å²) in [6.45, 7) is 2.54. The van der Waals surface area contributed by atoms with Crippen molar-refractivity contribution in [1.29, 1.82) is 5.26 Å². The van der Waals surface area contributed by atoms with Gasteiger partial charge >= 0.3 is 6.18 Å². The Bertz CT molecular complexity index is 1450. The summed E-state index contributed by atoms with van der Waals surface area (Å²) in [5, 5.41) is 12.4. The van der Waals surface area contributed by atoms with Crippen LogP contribution in [0.5, 0.6) is 5.75 Å². The Labute approximate surface area is 224 Å². The van der Waals surface area contributed by atoms with Crippen molar-refractivity contribution < 1.29 is 31.1 Å². The minimum Gasteiger partial charge on any atom is -0.487 e. The third kappa shape index (κ3) is 6.70. The number of carbonyl (C=O) groups excluding carboxylic acids is 1. The van der Waals surface area contributed by atoms with Gasteiger partial charge in [-0.15, -0.1) is 0 Å². The van der Waals surface area contributed by atoms with Gasteiger partial charge in [-0.2, -0.15) is 18.4 Å². The van der Waals surface area contributed by atoms with Gasteiger partial charge in [-0.3, -0.25) is 4.79 Å². The summed E-state index contributed by atoms with van der Waals surface area (Å²) in [6, 6.07) is 19.8. The van der Waals surface area contributed by atoms with Crippen molar-refractivity contribution in [3.63, 3.8) is 0 Å². The summed E-state index contributed by atoms with van der Waals surface area (Å²) >= 11 is 0. The van der Waals surface area contributed by atoms with Gasteiger partial charge in [0.05, 0.1) is 28.8 Å². The van der Waals surface area contributed by atoms with Crippen molar-refractivity contribution in [1.82, 2.24) is 5.32 Å². The number of nitriles is 1. The van der Waals surface area contributed by atoms with Crippen LogP contribution in [0.2, 0.25) is 0 Å². The predicted molar refractivity (Wildman–Crippen MR) is 139 cm³/mol. The van der Waals surface area contributed by atoms with Gasteiger partial charge in [-0.05, 0) is 66.2 Å². The lowest BCUT2D eigenvalue weighted by atomic mass is 10.1. The molecule has 0 bridgehead atoms. The lowest BCUT2D eigenvalue weighted by molar-refractivity contribution is -0.137. The number of nitrogens with one attached hydrogen (secondary N) is 1. The number of carbonyl (C=O) groups is 1. The highest BCUT2D eigenvalue weighted by molar-refractivity contribution is 7.91. The van der Waals surface area contributed by atoms with Gasteiger partial charge in [0.15, 0.2) is 9.84 Å². The molecule has 1 aliphatic heterocycles. The van der Waals surface area contributed by atoms with Crippen molar-refractivity contribution in [2.24, 2.45) is 5.92 Å². The maximum absolute atomic E-state index is 12.8. The van der Waals surface area contributed by atoms with E-state index in [9.17, 15) is 31.6 Å². The van der Waals surface area contributed by atoms with E-state index in [2.05, 4.69) is 11.4 Å². The summed E-state index contributed by atoms with van der Waals surface area (Å²) in [4.78, 5) is 14.8. The molecule has 7 nitrogen and oxygen atoms in total. The number of anilines is 1. The molecule has 0 aliphatic carbocycles. The molecule has 0 saturated carbocycles. The van der Waals surface area contributed by atoms with Gasteiger partial charge in [-0.25, -0.2) is 8.42 Å². The van der Waals surface area contributed by atoms with E-state index in [0.717, 1.165) is 23.4 Å². The maximum atomic E-state index is 12.8. The van der Waals surface area contributed by atoms with E-state index in [0.29, 0.717) is 18.7 Å². The van der Waals surface area contributed by atoms with E-state index in [4.69, 9.17) is 4.74 Å². The molecule has 1 saturated heterocycles. The van der Waals surface area contributed by atoms with E-state index >= 15 is 0 Å². The van der Waals surface area contributed by atoms with Crippen LogP contribution < -0.4 is 15.0 Å². The highest BCUT2D eigenvalue weighted by atomic mass is 32.2. The molecule has 1 amide bonds. The Kier molecular flexibility index (Phi) is 8.16. The van der Waals surface area contributed by atoms with Crippen molar-refractivity contribution in [2.45, 2.75) is 30.6 Å². The first-order valence-corrected chi connectivity index (χ1v) is 13.8. The summed E-state index contributed by atoms with van der Waals surface area (Å²) in [5.74, 6) is -0.523. The standard InChI is InChI=1S/C28H26F3N3O4S/c1-2-39(36,37)25-13-3-19(4-14-25)16-33-27(35)20-5-9-23(10-6-20)34-17-21(15-32)26(18-34)38-24-11-7-22(8-12-24)28(29,30)31/h3-14,21,26H,2,16-18H2,1H3,(H,33,35). The second kappa shape index (κ2) is 11.4. The van der Waals surface area contributed by atoms with Crippen LogP contribution in [0.25, 0.3) is 0 Å². The number of hydrogen-bond acceptors (Lipinski definition) is 6. The van der Waals surface area contributed by atoms with Crippen molar-refractivity contribution >= 4 is 21.4 Å². The van der Waals surface area contributed by atoms with Gasteiger partial charge in [0, 0.05) is 24.3 Å². The highest BCUT2D eigenvalue weighted by Gasteiger charge is 2.35. The Hall–Kier alpha value is -4.04. The summed E-state index contributed by atoms with van der Waals surface area (Å²) in [7, 11) is -3.29. The zero-order valence-electron chi connectivity index (χ0n) is 21.0. The molecule has 204 valence electrons. The monoisotopic (exact) mass is 557 g/mol. The van der Waals surface area contributed by atoms with Crippen LogP contribution in [0.3, 0.4) is 0 Å². The number of amides is 1. The molecule has 1 N–H and O–H groups in total. The minimum atomic E-state index is -4.44. The average Bonchev–Trinajstić information content (AvgIpc) is 3.34. The summed E-state index contributed by atoms with van der Waals surface area (Å²) in [5.41, 5.74) is 1.19. The molecule has 2 atom stereocenters. The van der Waals surface area contributed by atoms with Crippen molar-refractivity contribution in [3.8, 4) is 11.8 Å². The molecule has 0 aromatic heterocycles. The average molecular weight is 558 g/mol. The molecular formula is C28H26F3N3O4S. The first-order chi connectivity index (χ1) is 18.5. The second-order valence-electron chi connectivity index (χ2n) is 9.10. The molecular weight excluding hydrogens is 531 g/mol. The second-order valence-corrected chi connectivity index (χ2v) is 11.4. The van der Waals surface area contributed by atoms with E-state index in [1.54, 1.807) is 43.3 Å². The fourth-order valence-corrected chi connectivity index (χ4v) is 5.10. The Balaban J connectivity index is 1.34. The van der Waals surface area contributed by atoms with Crippen molar-refractivity contribution in [2.75, 3.05) is 23.7 Å². The Morgan fingerprint density at radius 3 is 2.23 bits per heavy atom. The topological polar surface area (TPSA) is 99.5 Å². The Morgan fingerprint density at radius 2 is 1.67 bits per heavy atom. The number of halogens is 3. The number of nitrogens with zero attached hydrogens (tertiary/aromatic N) is 2. The van der Waals surface area contributed by atoms with Crippen molar-refractivity contribution in [3.05, 3.63) is 89.5 Å². The van der Waals surface area contributed by atoms with E-state index < -0.39 is 33.6 Å². The number of rotatable bonds is 8. The third-order valence-electron chi connectivity index (χ3n) is 6.51. The molecule has 1 fully saturated rings. The molecule has 1 heterocycles. The number of sulfone groups is 1. The van der Waals surface area contributed by atoms with E-state index in [1.807, 2.05) is 4.90 Å². The molecule has 1 aliphatic rings. The fourth-order valence-electron chi connectivity index (χ4n) is 4.21. The normalized spacial score (nSPS) is 17.5. The first-order valence-electron chi connectivity index (χ1n) is 12.2. The van der Waals surface area contributed by atoms with Crippen LogP contribution in [0.4, 0.5) is 18.9 Å². The van der Waals surface area contributed by atoms with Gasteiger partial charge in [0.25, 0.3) is 5.91 Å². The molecule has 2 unspecified atom stereocenters.